The second-order valence-electron chi connectivity index (χ2n) is 9.58. The molecule has 0 saturated carbocycles. The Morgan fingerprint density at radius 3 is 2.12 bits per heavy atom. The fourth-order valence-electron chi connectivity index (χ4n) is 4.14. The minimum atomic E-state index is -1.48. The maximum Gasteiger partial charge on any atom is 0.326 e. The highest BCUT2D eigenvalue weighted by atomic mass is 16.4. The third-order valence-corrected chi connectivity index (χ3v) is 6.34. The molecule has 224 valence electrons. The lowest BCUT2D eigenvalue weighted by atomic mass is 10.0. The number of nitrogens with one attached hydrogen (secondary N) is 4. The van der Waals surface area contributed by atoms with Crippen molar-refractivity contribution < 1.29 is 39.0 Å². The van der Waals surface area contributed by atoms with E-state index < -0.39 is 66.2 Å². The molecule has 0 aliphatic heterocycles. The van der Waals surface area contributed by atoms with Gasteiger partial charge in [-0.2, -0.15) is 0 Å². The Balaban J connectivity index is 2.32. The number of aliphatic carboxylic acids is 2. The number of carboxylic acid groups (broad SMARTS) is 2. The van der Waals surface area contributed by atoms with E-state index >= 15 is 0 Å². The molecular weight excluding hydrogens is 538 g/mol. The Morgan fingerprint density at radius 1 is 0.854 bits per heavy atom. The second-order valence-corrected chi connectivity index (χ2v) is 9.58. The standard InChI is InChI=1S/C26H37N7O8/c27-10-4-3-7-19(26(40)41)32-25(39)20(11-14-13-30-17-6-2-1-5-15(14)17)33-24(38)18(8-9-21(29)34)31-23(37)16(28)12-22(35)36/h1-2,5-6,13,16,18-20,30H,3-4,7-12,27-28H2,(H2,29,34)(H,31,37)(H,32,39)(H,33,38)(H,35,36)(H,40,41). The van der Waals surface area contributed by atoms with Crippen molar-refractivity contribution in [2.45, 2.75) is 69.1 Å². The molecule has 4 atom stereocenters. The van der Waals surface area contributed by atoms with Gasteiger partial charge in [0.05, 0.1) is 12.5 Å². The maximum atomic E-state index is 13.4. The summed E-state index contributed by atoms with van der Waals surface area (Å²) in [5.41, 5.74) is 17.7. The highest BCUT2D eigenvalue weighted by Gasteiger charge is 2.31. The van der Waals surface area contributed by atoms with Gasteiger partial charge in [0.1, 0.15) is 18.1 Å². The number of hydrogen-bond acceptors (Lipinski definition) is 8. The van der Waals surface area contributed by atoms with E-state index in [1.807, 2.05) is 18.2 Å². The van der Waals surface area contributed by atoms with E-state index in [1.165, 1.54) is 0 Å². The van der Waals surface area contributed by atoms with Crippen LogP contribution in [0.4, 0.5) is 0 Å². The van der Waals surface area contributed by atoms with Crippen LogP contribution in [0.5, 0.6) is 0 Å². The highest BCUT2D eigenvalue weighted by Crippen LogP contribution is 2.19. The Bertz CT molecular complexity index is 1250. The van der Waals surface area contributed by atoms with E-state index in [9.17, 15) is 33.9 Å². The van der Waals surface area contributed by atoms with Gasteiger partial charge in [-0.15, -0.1) is 0 Å². The average molecular weight is 576 g/mol. The fourth-order valence-corrected chi connectivity index (χ4v) is 4.14. The van der Waals surface area contributed by atoms with Crippen molar-refractivity contribution in [1.82, 2.24) is 20.9 Å². The molecule has 0 bridgehead atoms. The number of hydrogen-bond donors (Lipinski definition) is 9. The van der Waals surface area contributed by atoms with Crippen molar-refractivity contribution in [3.63, 3.8) is 0 Å². The first-order valence-electron chi connectivity index (χ1n) is 13.1. The molecule has 41 heavy (non-hydrogen) atoms. The fraction of sp³-hybridized carbons (Fsp3) is 0.462. The third kappa shape index (κ3) is 10.5. The van der Waals surface area contributed by atoms with Gasteiger partial charge in [0.2, 0.25) is 23.6 Å². The van der Waals surface area contributed by atoms with Crippen LogP contribution in [-0.2, 0) is 35.2 Å². The van der Waals surface area contributed by atoms with E-state index in [4.69, 9.17) is 22.3 Å². The first-order chi connectivity index (χ1) is 19.4. The minimum Gasteiger partial charge on any atom is -0.481 e. The first-order valence-corrected chi connectivity index (χ1v) is 13.1. The Morgan fingerprint density at radius 2 is 1.49 bits per heavy atom. The normalized spacial score (nSPS) is 13.9. The number of aromatic amines is 1. The van der Waals surface area contributed by atoms with Gasteiger partial charge in [0.25, 0.3) is 0 Å². The molecule has 15 heteroatoms. The molecule has 0 saturated heterocycles. The number of carboxylic acids is 2. The van der Waals surface area contributed by atoms with Crippen LogP contribution in [0.1, 0.15) is 44.1 Å². The van der Waals surface area contributed by atoms with Gasteiger partial charge in [-0.3, -0.25) is 24.0 Å². The van der Waals surface area contributed by atoms with Crippen molar-refractivity contribution in [1.29, 1.82) is 0 Å². The largest absolute Gasteiger partial charge is 0.481 e. The monoisotopic (exact) mass is 575 g/mol. The number of carbonyl (C=O) groups is 6. The summed E-state index contributed by atoms with van der Waals surface area (Å²) in [7, 11) is 0. The molecule has 2 aromatic rings. The maximum absolute atomic E-state index is 13.4. The summed E-state index contributed by atoms with van der Waals surface area (Å²) in [4.78, 5) is 76.3. The molecule has 4 unspecified atom stereocenters. The Hall–Kier alpha value is -4.50. The summed E-state index contributed by atoms with van der Waals surface area (Å²) in [6.45, 7) is 0.355. The number of carbonyl (C=O) groups excluding carboxylic acids is 4. The minimum absolute atomic E-state index is 0.0499. The molecule has 0 radical (unpaired) electrons. The Labute approximate surface area is 235 Å². The molecule has 1 heterocycles. The molecule has 0 spiro atoms. The molecule has 1 aromatic heterocycles. The number of fused-ring (bicyclic) bond motifs is 1. The van der Waals surface area contributed by atoms with Crippen LogP contribution in [0.25, 0.3) is 10.9 Å². The quantitative estimate of drug-likeness (QED) is 0.0922. The number of nitrogens with two attached hydrogens (primary N) is 3. The van der Waals surface area contributed by atoms with Crippen LogP contribution in [0.3, 0.4) is 0 Å². The zero-order valence-corrected chi connectivity index (χ0v) is 22.4. The number of rotatable bonds is 18. The number of primary amides is 1. The number of para-hydroxylation sites is 1. The predicted molar refractivity (Wildman–Crippen MR) is 147 cm³/mol. The van der Waals surface area contributed by atoms with Crippen molar-refractivity contribution in [3.8, 4) is 0 Å². The molecule has 2 rings (SSSR count). The van der Waals surface area contributed by atoms with Crippen LogP contribution in [-0.4, -0.2) is 81.5 Å². The predicted octanol–water partition coefficient (Wildman–Crippen LogP) is -1.55. The molecule has 1 aromatic carbocycles. The van der Waals surface area contributed by atoms with E-state index in [0.717, 1.165) is 10.9 Å². The van der Waals surface area contributed by atoms with Crippen LogP contribution in [0.2, 0.25) is 0 Å². The summed E-state index contributed by atoms with van der Waals surface area (Å²) in [5.74, 6) is -5.97. The summed E-state index contributed by atoms with van der Waals surface area (Å²) >= 11 is 0. The van der Waals surface area contributed by atoms with Crippen LogP contribution < -0.4 is 33.2 Å². The zero-order chi connectivity index (χ0) is 30.5. The summed E-state index contributed by atoms with van der Waals surface area (Å²) in [5, 5.41) is 26.6. The van der Waals surface area contributed by atoms with Crippen LogP contribution >= 0.6 is 0 Å². The van der Waals surface area contributed by atoms with Gasteiger partial charge in [-0.05, 0) is 43.9 Å². The van der Waals surface area contributed by atoms with E-state index in [1.54, 1.807) is 12.3 Å². The molecule has 0 fully saturated rings. The second kappa shape index (κ2) is 15.9. The number of benzene rings is 1. The molecule has 0 aliphatic carbocycles. The summed E-state index contributed by atoms with van der Waals surface area (Å²) in [6.07, 6.45) is 1.45. The van der Waals surface area contributed by atoms with E-state index in [-0.39, 0.29) is 25.7 Å². The first kappa shape index (κ1) is 32.7. The zero-order valence-electron chi connectivity index (χ0n) is 22.4. The van der Waals surface area contributed by atoms with Crippen LogP contribution in [0.15, 0.2) is 30.5 Å². The Kier molecular flexibility index (Phi) is 12.7. The van der Waals surface area contributed by atoms with Crippen molar-refractivity contribution in [2.75, 3.05) is 6.54 Å². The molecule has 15 nitrogen and oxygen atoms in total. The van der Waals surface area contributed by atoms with Gasteiger partial charge in [0.15, 0.2) is 0 Å². The van der Waals surface area contributed by atoms with Crippen LogP contribution in [0, 0.1) is 0 Å². The smallest absolute Gasteiger partial charge is 0.326 e. The van der Waals surface area contributed by atoms with Gasteiger partial charge in [0, 0.05) is 29.9 Å². The number of aromatic nitrogens is 1. The summed E-state index contributed by atoms with van der Waals surface area (Å²) in [6, 6.07) is 1.83. The number of unbranched alkanes of at least 4 members (excludes halogenated alkanes) is 1. The topological polar surface area (TPSA) is 273 Å². The lowest BCUT2D eigenvalue weighted by Gasteiger charge is -2.25. The van der Waals surface area contributed by atoms with Gasteiger partial charge < -0.3 is 48.3 Å². The van der Waals surface area contributed by atoms with Crippen molar-refractivity contribution >= 4 is 46.5 Å². The molecule has 0 aliphatic rings. The summed E-state index contributed by atoms with van der Waals surface area (Å²) < 4.78 is 0. The van der Waals surface area contributed by atoms with Gasteiger partial charge in [-0.1, -0.05) is 18.2 Å². The lowest BCUT2D eigenvalue weighted by Crippen LogP contribution is -2.57. The van der Waals surface area contributed by atoms with Gasteiger partial charge >= 0.3 is 11.9 Å². The van der Waals surface area contributed by atoms with E-state index in [2.05, 4.69) is 20.9 Å². The van der Waals surface area contributed by atoms with E-state index in [0.29, 0.717) is 24.9 Å². The third-order valence-electron chi connectivity index (χ3n) is 6.34. The number of H-pyrrole nitrogens is 1. The molecule has 12 N–H and O–H groups in total. The van der Waals surface area contributed by atoms with Gasteiger partial charge in [-0.25, -0.2) is 4.79 Å². The lowest BCUT2D eigenvalue weighted by molar-refractivity contribution is -0.142. The highest BCUT2D eigenvalue weighted by molar-refractivity contribution is 5.95. The van der Waals surface area contributed by atoms with Crippen molar-refractivity contribution in [3.05, 3.63) is 36.0 Å². The molecule has 4 amide bonds. The SMILES string of the molecule is NCCCCC(NC(=O)C(Cc1c[nH]c2ccccc12)NC(=O)C(CCC(N)=O)NC(=O)C(N)CC(=O)O)C(=O)O. The average Bonchev–Trinajstić information content (AvgIpc) is 3.31. The molecular formula is C26H37N7O8. The van der Waals surface area contributed by atoms with Crippen molar-refractivity contribution in [2.24, 2.45) is 17.2 Å². The number of amides is 4.